The lowest BCUT2D eigenvalue weighted by molar-refractivity contribution is -0.140. The molecule has 1 aromatic carbocycles. The second-order valence-electron chi connectivity index (χ2n) is 7.59. The molecule has 0 spiro atoms. The van der Waals surface area contributed by atoms with Gasteiger partial charge in [0.1, 0.15) is 23.2 Å². The van der Waals surface area contributed by atoms with Crippen molar-refractivity contribution in [2.45, 2.75) is 25.8 Å². The molecule has 0 aliphatic carbocycles. The van der Waals surface area contributed by atoms with Crippen molar-refractivity contribution in [1.29, 1.82) is 0 Å². The summed E-state index contributed by atoms with van der Waals surface area (Å²) in [6.45, 7) is 6.19. The number of aromatic hydroxyl groups is 1. The van der Waals surface area contributed by atoms with E-state index in [1.54, 1.807) is 12.1 Å². The second kappa shape index (κ2) is 9.50. The van der Waals surface area contributed by atoms with Gasteiger partial charge in [-0.1, -0.05) is 19.3 Å². The molecule has 2 radical (unpaired) electrons. The van der Waals surface area contributed by atoms with Crippen molar-refractivity contribution >= 4 is 19.7 Å². The van der Waals surface area contributed by atoms with Crippen molar-refractivity contribution in [2.24, 2.45) is 5.92 Å². The predicted octanol–water partition coefficient (Wildman–Crippen LogP) is 0.778. The number of carboxylic acids is 1. The summed E-state index contributed by atoms with van der Waals surface area (Å²) in [7, 11) is 5.50. The van der Waals surface area contributed by atoms with Crippen LogP contribution in [0.4, 0.5) is 0 Å². The summed E-state index contributed by atoms with van der Waals surface area (Å²) in [6, 6.07) is 3.21. The van der Waals surface area contributed by atoms with Gasteiger partial charge in [-0.15, -0.1) is 0 Å². The summed E-state index contributed by atoms with van der Waals surface area (Å²) in [6.07, 6.45) is 0.517. The normalized spacial score (nSPS) is 18.9. The zero-order chi connectivity index (χ0) is 21.0. The number of likely N-dealkylation sites (tertiary alicyclic amines) is 1. The number of amides is 1. The van der Waals surface area contributed by atoms with Crippen LogP contribution in [-0.4, -0.2) is 91.8 Å². The molecule has 2 N–H and O–H groups in total. The van der Waals surface area contributed by atoms with Gasteiger partial charge in [-0.2, -0.15) is 0 Å². The molecule has 2 saturated heterocycles. The van der Waals surface area contributed by atoms with Crippen LogP contribution in [0, 0.1) is 5.92 Å². The number of ether oxygens (including phenoxy) is 2. The van der Waals surface area contributed by atoms with E-state index in [1.165, 1.54) is 0 Å². The van der Waals surface area contributed by atoms with Crippen molar-refractivity contribution in [2.75, 3.05) is 45.9 Å². The number of carbonyl (C=O) groups excluding carboxylic acids is 1. The van der Waals surface area contributed by atoms with Gasteiger partial charge in [0.05, 0.1) is 21.1 Å². The van der Waals surface area contributed by atoms with Crippen molar-refractivity contribution < 1.29 is 29.3 Å². The first-order valence-electron chi connectivity index (χ1n) is 9.94. The Morgan fingerprint density at radius 1 is 1.31 bits per heavy atom. The SMILES string of the molecule is [B]CCc1ccc(OC2CN(CC(C)C(=O)N3CCOCC3)C2)c(C(=O)O)c1O. The fourth-order valence-corrected chi connectivity index (χ4v) is 3.76. The number of phenols is 1. The highest BCUT2D eigenvalue weighted by atomic mass is 16.5. The van der Waals surface area contributed by atoms with E-state index in [-0.39, 0.29) is 35.0 Å². The molecule has 1 atom stereocenters. The molecule has 1 aromatic rings. The lowest BCUT2D eigenvalue weighted by Gasteiger charge is -2.41. The van der Waals surface area contributed by atoms with Crippen molar-refractivity contribution in [3.8, 4) is 11.5 Å². The van der Waals surface area contributed by atoms with Crippen LogP contribution in [0.2, 0.25) is 6.32 Å². The molecule has 1 amide bonds. The molecule has 9 heteroatoms. The van der Waals surface area contributed by atoms with E-state index in [1.807, 2.05) is 11.8 Å². The third-order valence-corrected chi connectivity index (χ3v) is 5.34. The second-order valence-corrected chi connectivity index (χ2v) is 7.59. The number of aryl methyl sites for hydroxylation is 1. The number of carboxylic acid groups (broad SMARTS) is 1. The summed E-state index contributed by atoms with van der Waals surface area (Å²) in [4.78, 5) is 28.0. The first-order chi connectivity index (χ1) is 13.9. The molecule has 8 nitrogen and oxygen atoms in total. The average molecular weight is 402 g/mol. The van der Waals surface area contributed by atoms with E-state index >= 15 is 0 Å². The first kappa shape index (κ1) is 21.5. The quantitative estimate of drug-likeness (QED) is 0.620. The molecule has 2 aliphatic heterocycles. The van der Waals surface area contributed by atoms with E-state index < -0.39 is 5.97 Å². The Balaban J connectivity index is 1.53. The monoisotopic (exact) mass is 402 g/mol. The number of morpholine rings is 1. The highest BCUT2D eigenvalue weighted by molar-refractivity contribution is 6.08. The first-order valence-corrected chi connectivity index (χ1v) is 9.94. The zero-order valence-corrected chi connectivity index (χ0v) is 16.7. The molecule has 29 heavy (non-hydrogen) atoms. The maximum absolute atomic E-state index is 12.5. The Morgan fingerprint density at radius 3 is 2.62 bits per heavy atom. The largest absolute Gasteiger partial charge is 0.507 e. The van der Waals surface area contributed by atoms with E-state index in [4.69, 9.17) is 17.3 Å². The Hall–Kier alpha value is -2.26. The minimum Gasteiger partial charge on any atom is -0.507 e. The highest BCUT2D eigenvalue weighted by Gasteiger charge is 2.33. The summed E-state index contributed by atoms with van der Waals surface area (Å²) in [5.74, 6) is -1.37. The van der Waals surface area contributed by atoms with Crippen LogP contribution in [0.3, 0.4) is 0 Å². The fraction of sp³-hybridized carbons (Fsp3) is 0.600. The van der Waals surface area contributed by atoms with Gasteiger partial charge in [-0.05, 0) is 18.1 Å². The fourth-order valence-electron chi connectivity index (χ4n) is 3.76. The summed E-state index contributed by atoms with van der Waals surface area (Å²) in [5, 5.41) is 19.7. The van der Waals surface area contributed by atoms with E-state index in [0.29, 0.717) is 64.2 Å². The van der Waals surface area contributed by atoms with E-state index in [0.717, 1.165) is 0 Å². The molecule has 2 heterocycles. The summed E-state index contributed by atoms with van der Waals surface area (Å²) < 4.78 is 11.1. The summed E-state index contributed by atoms with van der Waals surface area (Å²) >= 11 is 0. The maximum Gasteiger partial charge on any atom is 0.343 e. The highest BCUT2D eigenvalue weighted by Crippen LogP contribution is 2.33. The molecule has 0 bridgehead atoms. The van der Waals surface area contributed by atoms with Gasteiger partial charge in [-0.25, -0.2) is 4.79 Å². The van der Waals surface area contributed by atoms with Crippen molar-refractivity contribution in [1.82, 2.24) is 9.80 Å². The minimum absolute atomic E-state index is 0.122. The number of benzene rings is 1. The molecular weight excluding hydrogens is 375 g/mol. The smallest absolute Gasteiger partial charge is 0.343 e. The molecule has 1 unspecified atom stereocenters. The minimum atomic E-state index is -1.24. The van der Waals surface area contributed by atoms with Crippen LogP contribution >= 0.6 is 0 Å². The predicted molar refractivity (Wildman–Crippen MR) is 107 cm³/mol. The van der Waals surface area contributed by atoms with Crippen molar-refractivity contribution in [3.63, 3.8) is 0 Å². The van der Waals surface area contributed by atoms with Gasteiger partial charge in [0.15, 0.2) is 0 Å². The van der Waals surface area contributed by atoms with Gasteiger partial charge in [0.25, 0.3) is 0 Å². The van der Waals surface area contributed by atoms with Crippen LogP contribution in [0.25, 0.3) is 0 Å². The number of nitrogens with zero attached hydrogens (tertiary/aromatic N) is 2. The zero-order valence-electron chi connectivity index (χ0n) is 16.7. The Morgan fingerprint density at radius 2 is 2.00 bits per heavy atom. The van der Waals surface area contributed by atoms with Crippen LogP contribution in [-0.2, 0) is 16.0 Å². The Bertz CT molecular complexity index is 747. The molecule has 2 fully saturated rings. The van der Waals surface area contributed by atoms with Gasteiger partial charge < -0.3 is 24.6 Å². The van der Waals surface area contributed by atoms with Crippen molar-refractivity contribution in [3.05, 3.63) is 23.3 Å². The number of carbonyl (C=O) groups is 2. The third kappa shape index (κ3) is 5.03. The van der Waals surface area contributed by atoms with E-state index in [2.05, 4.69) is 4.90 Å². The number of aromatic carboxylic acids is 1. The average Bonchev–Trinajstić information content (AvgIpc) is 2.68. The molecule has 2 aliphatic rings. The maximum atomic E-state index is 12.5. The Kier molecular flexibility index (Phi) is 7.02. The summed E-state index contributed by atoms with van der Waals surface area (Å²) in [5.41, 5.74) is 0.258. The number of hydrogen-bond donors (Lipinski definition) is 2. The van der Waals surface area contributed by atoms with E-state index in [9.17, 15) is 19.8 Å². The molecular formula is C20H27BN2O6. The molecule has 3 rings (SSSR count). The lowest BCUT2D eigenvalue weighted by atomic mass is 9.95. The van der Waals surface area contributed by atoms with Gasteiger partial charge in [0, 0.05) is 38.6 Å². The third-order valence-electron chi connectivity index (χ3n) is 5.34. The molecule has 0 aromatic heterocycles. The van der Waals surface area contributed by atoms with Crippen LogP contribution < -0.4 is 4.74 Å². The van der Waals surface area contributed by atoms with Crippen LogP contribution in [0.15, 0.2) is 12.1 Å². The Labute approximate surface area is 171 Å². The molecule has 156 valence electrons. The number of rotatable bonds is 8. The van der Waals surface area contributed by atoms with Crippen LogP contribution in [0.5, 0.6) is 11.5 Å². The topological polar surface area (TPSA) is 99.5 Å². The number of hydrogen-bond acceptors (Lipinski definition) is 6. The van der Waals surface area contributed by atoms with Gasteiger partial charge >= 0.3 is 5.97 Å². The van der Waals surface area contributed by atoms with Crippen LogP contribution in [0.1, 0.15) is 22.8 Å². The lowest BCUT2D eigenvalue weighted by Crippen LogP contribution is -2.56. The molecule has 0 saturated carbocycles. The standard InChI is InChI=1S/C20H27BN2O6/c1-13(19(25)23-6-8-28-9-7-23)10-22-11-15(12-22)29-16-3-2-14(4-5-21)18(24)17(16)20(26)27/h2-3,13,15,24H,4-12H2,1H3,(H,26,27). The van der Waals surface area contributed by atoms with Gasteiger partial charge in [-0.3, -0.25) is 9.69 Å². The van der Waals surface area contributed by atoms with Gasteiger partial charge in [0.2, 0.25) is 5.91 Å².